The van der Waals surface area contributed by atoms with Crippen LogP contribution in [0.4, 0.5) is 0 Å². The van der Waals surface area contributed by atoms with Gasteiger partial charge in [-0.2, -0.15) is 0 Å². The standard InChI is InChI=1S/C21H23NO5S/c1-6-13-7-14-17(8-16(13)26-10-18(23)27-21(3,4)5)25-9-15(19(14)24)20-22-12(2)11-28-20/h7-9,11H,6,10H2,1-5H3. The summed E-state index contributed by atoms with van der Waals surface area (Å²) in [6.07, 6.45) is 2.06. The van der Waals surface area contributed by atoms with Gasteiger partial charge in [0.2, 0.25) is 5.43 Å². The van der Waals surface area contributed by atoms with Gasteiger partial charge in [0.15, 0.2) is 6.61 Å². The molecule has 6 nitrogen and oxygen atoms in total. The lowest BCUT2D eigenvalue weighted by Crippen LogP contribution is -2.27. The third kappa shape index (κ3) is 4.42. The first-order valence-corrected chi connectivity index (χ1v) is 9.91. The number of ether oxygens (including phenoxy) is 2. The second kappa shape index (κ2) is 7.75. The molecule has 148 valence electrons. The zero-order valence-electron chi connectivity index (χ0n) is 16.6. The van der Waals surface area contributed by atoms with Crippen molar-refractivity contribution in [3.05, 3.63) is 45.3 Å². The van der Waals surface area contributed by atoms with Gasteiger partial charge in [0.25, 0.3) is 0 Å². The molecule has 3 rings (SSSR count). The Morgan fingerprint density at radius 3 is 2.64 bits per heavy atom. The number of hydrogen-bond acceptors (Lipinski definition) is 7. The summed E-state index contributed by atoms with van der Waals surface area (Å²) in [7, 11) is 0. The Morgan fingerprint density at radius 1 is 1.29 bits per heavy atom. The molecule has 0 aliphatic rings. The van der Waals surface area contributed by atoms with Crippen molar-refractivity contribution in [1.29, 1.82) is 0 Å². The first kappa shape index (κ1) is 20.1. The second-order valence-electron chi connectivity index (χ2n) is 7.46. The Labute approximate surface area is 167 Å². The summed E-state index contributed by atoms with van der Waals surface area (Å²) in [5.41, 5.74) is 1.81. The summed E-state index contributed by atoms with van der Waals surface area (Å²) in [5.74, 6) is 0.0486. The van der Waals surface area contributed by atoms with Crippen molar-refractivity contribution >= 4 is 28.3 Å². The van der Waals surface area contributed by atoms with Crippen molar-refractivity contribution in [2.24, 2.45) is 0 Å². The average Bonchev–Trinajstić information content (AvgIpc) is 3.04. The number of benzene rings is 1. The first-order chi connectivity index (χ1) is 13.2. The maximum absolute atomic E-state index is 12.9. The quantitative estimate of drug-likeness (QED) is 0.586. The van der Waals surface area contributed by atoms with Gasteiger partial charge in [-0.25, -0.2) is 9.78 Å². The van der Waals surface area contributed by atoms with E-state index in [1.165, 1.54) is 17.6 Å². The third-order valence-electron chi connectivity index (χ3n) is 3.95. The molecule has 2 aromatic heterocycles. The number of esters is 1. The van der Waals surface area contributed by atoms with Crippen LogP contribution in [-0.2, 0) is 16.0 Å². The molecule has 0 saturated heterocycles. The largest absolute Gasteiger partial charge is 0.481 e. The summed E-state index contributed by atoms with van der Waals surface area (Å²) in [6, 6.07) is 3.41. The van der Waals surface area contributed by atoms with Gasteiger partial charge < -0.3 is 13.9 Å². The van der Waals surface area contributed by atoms with Gasteiger partial charge in [-0.1, -0.05) is 6.92 Å². The van der Waals surface area contributed by atoms with Gasteiger partial charge in [0.1, 0.15) is 28.2 Å². The number of carbonyl (C=O) groups excluding carboxylic acids is 1. The van der Waals surface area contributed by atoms with Gasteiger partial charge in [0, 0.05) is 17.1 Å². The molecular weight excluding hydrogens is 378 g/mol. The number of rotatable bonds is 5. The van der Waals surface area contributed by atoms with Crippen LogP contribution in [0.3, 0.4) is 0 Å². The van der Waals surface area contributed by atoms with Crippen LogP contribution >= 0.6 is 11.3 Å². The fraction of sp³-hybridized carbons (Fsp3) is 0.381. The van der Waals surface area contributed by atoms with Crippen LogP contribution in [0.25, 0.3) is 21.5 Å². The summed E-state index contributed by atoms with van der Waals surface area (Å²) in [4.78, 5) is 29.2. The van der Waals surface area contributed by atoms with E-state index in [-0.39, 0.29) is 12.0 Å². The minimum absolute atomic E-state index is 0.135. The van der Waals surface area contributed by atoms with Gasteiger partial charge >= 0.3 is 5.97 Å². The fourth-order valence-electron chi connectivity index (χ4n) is 2.75. The van der Waals surface area contributed by atoms with Crippen LogP contribution in [0.1, 0.15) is 39.0 Å². The summed E-state index contributed by atoms with van der Waals surface area (Å²) in [5, 5.41) is 2.99. The minimum Gasteiger partial charge on any atom is -0.481 e. The molecule has 0 N–H and O–H groups in total. The molecule has 2 heterocycles. The lowest BCUT2D eigenvalue weighted by atomic mass is 10.1. The molecule has 0 radical (unpaired) electrons. The van der Waals surface area contributed by atoms with E-state index in [4.69, 9.17) is 13.9 Å². The molecule has 7 heteroatoms. The van der Waals surface area contributed by atoms with Crippen molar-refractivity contribution in [2.75, 3.05) is 6.61 Å². The van der Waals surface area contributed by atoms with E-state index in [9.17, 15) is 9.59 Å². The predicted molar refractivity (Wildman–Crippen MR) is 109 cm³/mol. The van der Waals surface area contributed by atoms with Crippen LogP contribution in [0.5, 0.6) is 5.75 Å². The maximum Gasteiger partial charge on any atom is 0.344 e. The van der Waals surface area contributed by atoms with E-state index in [2.05, 4.69) is 4.98 Å². The molecule has 1 aromatic carbocycles. The molecule has 0 amide bonds. The Kier molecular flexibility index (Phi) is 5.56. The van der Waals surface area contributed by atoms with Crippen LogP contribution in [0.15, 0.2) is 33.0 Å². The van der Waals surface area contributed by atoms with E-state index < -0.39 is 11.6 Å². The second-order valence-corrected chi connectivity index (χ2v) is 8.32. The van der Waals surface area contributed by atoms with E-state index in [1.54, 1.807) is 32.9 Å². The minimum atomic E-state index is -0.575. The number of thiazole rings is 1. The van der Waals surface area contributed by atoms with E-state index in [0.29, 0.717) is 33.7 Å². The molecule has 0 saturated carbocycles. The number of aryl methyl sites for hydroxylation is 2. The lowest BCUT2D eigenvalue weighted by molar-refractivity contribution is -0.157. The highest BCUT2D eigenvalue weighted by Crippen LogP contribution is 2.28. The van der Waals surface area contributed by atoms with Crippen molar-refractivity contribution in [1.82, 2.24) is 4.98 Å². The third-order valence-corrected chi connectivity index (χ3v) is 4.94. The van der Waals surface area contributed by atoms with Gasteiger partial charge in [-0.15, -0.1) is 11.3 Å². The summed E-state index contributed by atoms with van der Waals surface area (Å²) in [6.45, 7) is 9.03. The van der Waals surface area contributed by atoms with Crippen LogP contribution < -0.4 is 10.2 Å². The highest BCUT2D eigenvalue weighted by molar-refractivity contribution is 7.13. The molecule has 0 aliphatic carbocycles. The smallest absolute Gasteiger partial charge is 0.344 e. The Bertz CT molecular complexity index is 1070. The highest BCUT2D eigenvalue weighted by atomic mass is 32.1. The number of hydrogen-bond donors (Lipinski definition) is 0. The molecular formula is C21H23NO5S. The molecule has 0 spiro atoms. The van der Waals surface area contributed by atoms with Gasteiger partial charge in [-0.05, 0) is 45.7 Å². The molecule has 0 bridgehead atoms. The van der Waals surface area contributed by atoms with E-state index >= 15 is 0 Å². The monoisotopic (exact) mass is 401 g/mol. The average molecular weight is 401 g/mol. The van der Waals surface area contributed by atoms with Crippen molar-refractivity contribution in [2.45, 2.75) is 46.6 Å². The normalized spacial score (nSPS) is 11.6. The zero-order valence-corrected chi connectivity index (χ0v) is 17.4. The maximum atomic E-state index is 12.9. The SMILES string of the molecule is CCc1cc2c(=O)c(-c3nc(C)cs3)coc2cc1OCC(=O)OC(C)(C)C. The van der Waals surface area contributed by atoms with Crippen LogP contribution in [0.2, 0.25) is 0 Å². The molecule has 3 aromatic rings. The molecule has 28 heavy (non-hydrogen) atoms. The van der Waals surface area contributed by atoms with Gasteiger partial charge in [0.05, 0.1) is 10.9 Å². The Morgan fingerprint density at radius 2 is 2.04 bits per heavy atom. The molecule has 0 unspecified atom stereocenters. The predicted octanol–water partition coefficient (Wildman–Crippen LogP) is 4.51. The van der Waals surface area contributed by atoms with Crippen LogP contribution in [0, 0.1) is 6.92 Å². The lowest BCUT2D eigenvalue weighted by Gasteiger charge is -2.20. The number of carbonyl (C=O) groups is 1. The Balaban J connectivity index is 1.94. The van der Waals surface area contributed by atoms with E-state index in [1.807, 2.05) is 19.2 Å². The van der Waals surface area contributed by atoms with Crippen molar-refractivity contribution < 1.29 is 18.7 Å². The zero-order chi connectivity index (χ0) is 20.5. The van der Waals surface area contributed by atoms with Gasteiger partial charge in [-0.3, -0.25) is 4.79 Å². The van der Waals surface area contributed by atoms with Crippen LogP contribution in [-0.4, -0.2) is 23.2 Å². The van der Waals surface area contributed by atoms with Crippen molar-refractivity contribution in [3.63, 3.8) is 0 Å². The van der Waals surface area contributed by atoms with Crippen molar-refractivity contribution in [3.8, 4) is 16.3 Å². The fourth-order valence-corrected chi connectivity index (χ4v) is 3.54. The molecule has 0 fully saturated rings. The number of aromatic nitrogens is 1. The number of nitrogens with zero attached hydrogens (tertiary/aromatic N) is 1. The summed E-state index contributed by atoms with van der Waals surface area (Å²) >= 11 is 1.41. The topological polar surface area (TPSA) is 78.6 Å². The molecule has 0 atom stereocenters. The highest BCUT2D eigenvalue weighted by Gasteiger charge is 2.18. The first-order valence-electron chi connectivity index (χ1n) is 9.03. The summed E-state index contributed by atoms with van der Waals surface area (Å²) < 4.78 is 16.6. The Hall–Kier alpha value is -2.67. The molecule has 0 aliphatic heterocycles. The van der Waals surface area contributed by atoms with E-state index in [0.717, 1.165) is 11.3 Å². The number of fused-ring (bicyclic) bond motifs is 1.